The van der Waals surface area contributed by atoms with E-state index in [9.17, 15) is 18.4 Å². The minimum Gasteiger partial charge on any atom is -0.574 e. The molecule has 0 saturated carbocycles. The van der Waals surface area contributed by atoms with E-state index in [4.69, 9.17) is 16.5 Å². The molecule has 4 rings (SSSR count). The first-order chi connectivity index (χ1) is 15.9. The summed E-state index contributed by atoms with van der Waals surface area (Å²) in [5.74, 6) is -1.59. The van der Waals surface area contributed by atoms with E-state index in [1.54, 1.807) is 0 Å². The van der Waals surface area contributed by atoms with Crippen LogP contribution >= 0.6 is 11.8 Å². The number of ether oxygens (including phenoxy) is 1. The lowest BCUT2D eigenvalue weighted by atomic mass is 9.96. The van der Waals surface area contributed by atoms with Gasteiger partial charge in [-0.25, -0.2) is 13.8 Å². The van der Waals surface area contributed by atoms with Gasteiger partial charge in [-0.2, -0.15) is 4.94 Å². The molecule has 12 heteroatoms. The van der Waals surface area contributed by atoms with Crippen LogP contribution in [0.5, 0.6) is 11.6 Å². The first-order valence-electron chi connectivity index (χ1n) is 10.4. The van der Waals surface area contributed by atoms with Crippen molar-refractivity contribution in [3.8, 4) is 11.6 Å². The summed E-state index contributed by atoms with van der Waals surface area (Å²) < 4.78 is 32.6. The van der Waals surface area contributed by atoms with Crippen molar-refractivity contribution < 1.29 is 23.1 Å². The zero-order valence-corrected chi connectivity index (χ0v) is 18.2. The Hall–Kier alpha value is -2.86. The molecular weight excluding hydrogens is 458 g/mol. The van der Waals surface area contributed by atoms with Gasteiger partial charge >= 0.3 is 0 Å². The Balaban J connectivity index is 1.41. The topological polar surface area (TPSA) is 110 Å². The quantitative estimate of drug-likeness (QED) is 0.305. The van der Waals surface area contributed by atoms with Crippen LogP contribution in [0.1, 0.15) is 36.0 Å². The Morgan fingerprint density at radius 1 is 1.15 bits per heavy atom. The van der Waals surface area contributed by atoms with Gasteiger partial charge in [0.15, 0.2) is 0 Å². The van der Waals surface area contributed by atoms with Crippen LogP contribution in [-0.2, 0) is 4.79 Å². The third-order valence-electron chi connectivity index (χ3n) is 5.78. The van der Waals surface area contributed by atoms with Crippen molar-refractivity contribution in [2.45, 2.75) is 43.8 Å². The van der Waals surface area contributed by atoms with E-state index in [0.717, 1.165) is 25.1 Å². The molecule has 176 valence electrons. The summed E-state index contributed by atoms with van der Waals surface area (Å²) in [6.07, 6.45) is 3.77. The smallest absolute Gasteiger partial charge is 0.257 e. The van der Waals surface area contributed by atoms with E-state index in [1.807, 2.05) is 4.90 Å². The summed E-state index contributed by atoms with van der Waals surface area (Å²) in [5.41, 5.74) is 6.05. The maximum atomic E-state index is 13.9. The lowest BCUT2D eigenvalue weighted by Gasteiger charge is -2.40. The van der Waals surface area contributed by atoms with Gasteiger partial charge in [-0.1, -0.05) is 6.54 Å². The first-order valence-corrected chi connectivity index (χ1v) is 10.8. The molecule has 3 atom stereocenters. The van der Waals surface area contributed by atoms with Crippen LogP contribution in [0.2, 0.25) is 0 Å². The summed E-state index contributed by atoms with van der Waals surface area (Å²) in [5, 5.41) is 2.92. The zero-order chi connectivity index (χ0) is 23.4. The third-order valence-corrected chi connectivity index (χ3v) is 5.87. The Labute approximate surface area is 193 Å². The first kappa shape index (κ1) is 23.3. The third kappa shape index (κ3) is 5.56. The van der Waals surface area contributed by atoms with Crippen molar-refractivity contribution in [2.75, 3.05) is 6.54 Å². The number of hydrogen-bond donors (Lipinski definition) is 3. The highest BCUT2D eigenvalue weighted by atomic mass is 35.5. The van der Waals surface area contributed by atoms with Crippen LogP contribution < -0.4 is 20.5 Å². The summed E-state index contributed by atoms with van der Waals surface area (Å²) >= 11 is 5.26. The van der Waals surface area contributed by atoms with Gasteiger partial charge in [0.1, 0.15) is 22.9 Å². The number of fused-ring (bicyclic) bond motifs is 2. The van der Waals surface area contributed by atoms with Gasteiger partial charge < -0.3 is 25.9 Å². The number of rotatable bonds is 8. The molecule has 2 amide bonds. The fourth-order valence-corrected chi connectivity index (χ4v) is 4.53. The molecule has 3 heterocycles. The van der Waals surface area contributed by atoms with Crippen LogP contribution in [0.4, 0.5) is 8.78 Å². The molecule has 0 spiro atoms. The lowest BCUT2D eigenvalue weighted by Crippen LogP contribution is -2.53. The normalized spacial score (nSPS) is 21.7. The SMILES string of the molecule is O=C(NC1C[C@H]2CC[C@@H](C1)N2C(=O)C[N-]NNCl)c1cc(F)cnc1Oc1ccc(F)cc1. The van der Waals surface area contributed by atoms with E-state index in [1.165, 1.54) is 24.3 Å². The molecule has 0 aliphatic carbocycles. The van der Waals surface area contributed by atoms with Gasteiger partial charge in [0.05, 0.1) is 6.20 Å². The molecule has 2 bridgehead atoms. The average Bonchev–Trinajstić information content (AvgIpc) is 3.07. The van der Waals surface area contributed by atoms with Crippen molar-refractivity contribution in [3.05, 3.63) is 59.2 Å². The second kappa shape index (κ2) is 10.4. The second-order valence-electron chi connectivity index (χ2n) is 7.91. The maximum absolute atomic E-state index is 13.9. The number of nitrogens with zero attached hydrogens (tertiary/aromatic N) is 3. The molecule has 9 nitrogen and oxygen atoms in total. The van der Waals surface area contributed by atoms with E-state index in [0.29, 0.717) is 12.8 Å². The molecule has 1 aromatic carbocycles. The number of carbonyl (C=O) groups is 2. The summed E-state index contributed by atoms with van der Waals surface area (Å²) in [6.45, 7) is -0.0528. The van der Waals surface area contributed by atoms with Gasteiger partial charge in [0, 0.05) is 18.1 Å². The van der Waals surface area contributed by atoms with E-state index >= 15 is 0 Å². The minimum absolute atomic E-state index is 0.0127. The summed E-state index contributed by atoms with van der Waals surface area (Å²) in [4.78, 5) is 33.3. The van der Waals surface area contributed by atoms with Gasteiger partial charge in [0.2, 0.25) is 11.8 Å². The fourth-order valence-electron chi connectivity index (χ4n) is 4.47. The molecule has 2 aliphatic rings. The molecule has 0 radical (unpaired) electrons. The monoisotopic (exact) mass is 479 g/mol. The fraction of sp³-hybridized carbons (Fsp3) is 0.381. The number of benzene rings is 1. The number of nitrogens with one attached hydrogen (secondary N) is 3. The largest absolute Gasteiger partial charge is 0.574 e. The number of piperidine rings is 1. The number of halogens is 3. The molecule has 2 aliphatic heterocycles. The van der Waals surface area contributed by atoms with Gasteiger partial charge in [-0.15, -0.1) is 0 Å². The van der Waals surface area contributed by atoms with Crippen LogP contribution in [0, 0.1) is 11.6 Å². The van der Waals surface area contributed by atoms with Crippen molar-refractivity contribution in [2.24, 2.45) is 0 Å². The number of carbonyl (C=O) groups excluding carboxylic acids is 2. The van der Waals surface area contributed by atoms with Crippen LogP contribution in [-0.4, -0.2) is 46.4 Å². The Morgan fingerprint density at radius 3 is 2.52 bits per heavy atom. The number of pyridine rings is 1. The van der Waals surface area contributed by atoms with Crippen LogP contribution in [0.15, 0.2) is 36.5 Å². The van der Waals surface area contributed by atoms with E-state index in [-0.39, 0.29) is 47.8 Å². The van der Waals surface area contributed by atoms with Crippen LogP contribution in [0.3, 0.4) is 0 Å². The van der Waals surface area contributed by atoms with Crippen molar-refractivity contribution in [1.29, 1.82) is 0 Å². The predicted molar refractivity (Wildman–Crippen MR) is 115 cm³/mol. The number of hydrazine groups is 1. The van der Waals surface area contributed by atoms with Crippen molar-refractivity contribution in [3.63, 3.8) is 0 Å². The number of hydrogen-bond acceptors (Lipinski definition) is 6. The van der Waals surface area contributed by atoms with Crippen molar-refractivity contribution in [1.82, 2.24) is 25.7 Å². The Bertz CT molecular complexity index is 998. The molecule has 2 aromatic rings. The molecule has 1 unspecified atom stereocenters. The lowest BCUT2D eigenvalue weighted by molar-refractivity contribution is -0.133. The van der Waals surface area contributed by atoms with Crippen LogP contribution in [0.25, 0.3) is 5.43 Å². The molecule has 3 N–H and O–H groups in total. The van der Waals surface area contributed by atoms with Gasteiger partial charge in [-0.05, 0) is 67.8 Å². The molecule has 2 fully saturated rings. The summed E-state index contributed by atoms with van der Waals surface area (Å²) in [6, 6.07) is 6.02. The highest BCUT2D eigenvalue weighted by Crippen LogP contribution is 2.36. The number of aromatic nitrogens is 1. The predicted octanol–water partition coefficient (Wildman–Crippen LogP) is 2.94. The zero-order valence-electron chi connectivity index (χ0n) is 17.4. The molecule has 33 heavy (non-hydrogen) atoms. The minimum atomic E-state index is -0.684. The average molecular weight is 480 g/mol. The van der Waals surface area contributed by atoms with Gasteiger partial charge in [0.25, 0.3) is 5.91 Å². The second-order valence-corrected chi connectivity index (χ2v) is 8.10. The van der Waals surface area contributed by atoms with E-state index in [2.05, 4.69) is 26.2 Å². The summed E-state index contributed by atoms with van der Waals surface area (Å²) in [7, 11) is 0. The molecule has 2 saturated heterocycles. The molecular formula is C21H22ClF2N6O3-. The standard InChI is InChI=1S/C21H22ClF2N6O3/c22-28-29-26-11-19(31)30-15-3-4-16(30)9-14(8-15)27-20(32)18-7-13(24)10-25-21(18)33-17-5-1-12(23)2-6-17/h1-2,5-7,10,14-16,28-29H,3-4,8-9,11H2,(H,27,32)/q-1/t14?,15-,16+. The van der Waals surface area contributed by atoms with Gasteiger partial charge in [-0.3, -0.25) is 9.59 Å². The van der Waals surface area contributed by atoms with E-state index < -0.39 is 17.5 Å². The molecule has 1 aromatic heterocycles. The maximum Gasteiger partial charge on any atom is 0.257 e. The van der Waals surface area contributed by atoms with Crippen molar-refractivity contribution >= 4 is 23.6 Å². The highest BCUT2D eigenvalue weighted by Gasteiger charge is 2.42. The Kier molecular flexibility index (Phi) is 7.33. The Morgan fingerprint density at radius 2 is 1.85 bits per heavy atom. The highest BCUT2D eigenvalue weighted by molar-refractivity contribution is 6.13. The number of amides is 2.